The van der Waals surface area contributed by atoms with E-state index in [1.807, 2.05) is 36.0 Å². The van der Waals surface area contributed by atoms with Crippen LogP contribution >= 0.6 is 11.6 Å². The topological polar surface area (TPSA) is 25.2 Å². The van der Waals surface area contributed by atoms with E-state index >= 15 is 0 Å². The fourth-order valence-electron chi connectivity index (χ4n) is 1.48. The quantitative estimate of drug-likeness (QED) is 0.743. The summed E-state index contributed by atoms with van der Waals surface area (Å²) in [6.45, 7) is 0.0682. The van der Waals surface area contributed by atoms with Crippen LogP contribution in [-0.4, -0.2) is 9.67 Å². The van der Waals surface area contributed by atoms with E-state index in [1.54, 1.807) is 0 Å². The Morgan fingerprint density at radius 1 is 1.46 bits per heavy atom. The highest BCUT2D eigenvalue weighted by atomic mass is 35.5. The molecule has 2 aromatic rings. The van der Waals surface area contributed by atoms with Gasteiger partial charge >= 0.3 is 0 Å². The molecule has 0 fully saturated rings. The van der Waals surface area contributed by atoms with Crippen molar-refractivity contribution in [3.05, 3.63) is 35.0 Å². The van der Waals surface area contributed by atoms with Crippen LogP contribution in [0, 0.1) is 0 Å². The van der Waals surface area contributed by atoms with Crippen molar-refractivity contribution in [1.29, 1.82) is 0 Å². The SMILES string of the molecule is Cn1cc(Cl)c2ccc(CO)cc21. The average Bonchev–Trinajstić information content (AvgIpc) is 2.42. The van der Waals surface area contributed by atoms with Crippen molar-refractivity contribution in [1.82, 2.24) is 4.57 Å². The first-order chi connectivity index (χ1) is 6.22. The van der Waals surface area contributed by atoms with Gasteiger partial charge in [-0.25, -0.2) is 0 Å². The molecule has 0 saturated heterocycles. The smallest absolute Gasteiger partial charge is 0.0682 e. The van der Waals surface area contributed by atoms with Crippen LogP contribution in [0.1, 0.15) is 5.56 Å². The molecular weight excluding hydrogens is 186 g/mol. The van der Waals surface area contributed by atoms with Gasteiger partial charge < -0.3 is 9.67 Å². The Balaban J connectivity index is 2.76. The van der Waals surface area contributed by atoms with E-state index in [0.29, 0.717) is 0 Å². The van der Waals surface area contributed by atoms with Gasteiger partial charge in [-0.05, 0) is 11.6 Å². The van der Waals surface area contributed by atoms with E-state index in [9.17, 15) is 0 Å². The standard InChI is InChI=1S/C10H10ClNO/c1-12-5-9(11)8-3-2-7(6-13)4-10(8)12/h2-5,13H,6H2,1H3. The molecular formula is C10H10ClNO. The van der Waals surface area contributed by atoms with E-state index in [-0.39, 0.29) is 6.61 Å². The maximum atomic E-state index is 8.95. The Morgan fingerprint density at radius 2 is 2.23 bits per heavy atom. The van der Waals surface area contributed by atoms with Crippen molar-refractivity contribution in [3.63, 3.8) is 0 Å². The van der Waals surface area contributed by atoms with Gasteiger partial charge in [-0.3, -0.25) is 0 Å². The largest absolute Gasteiger partial charge is 0.392 e. The molecule has 0 spiro atoms. The zero-order valence-corrected chi connectivity index (χ0v) is 8.04. The number of hydrogen-bond donors (Lipinski definition) is 1. The molecule has 0 aliphatic heterocycles. The second-order valence-corrected chi connectivity index (χ2v) is 3.50. The zero-order chi connectivity index (χ0) is 9.42. The molecule has 1 aromatic heterocycles. The molecule has 3 heteroatoms. The number of aromatic nitrogens is 1. The molecule has 68 valence electrons. The summed E-state index contributed by atoms with van der Waals surface area (Å²) < 4.78 is 1.96. The minimum Gasteiger partial charge on any atom is -0.392 e. The number of aliphatic hydroxyl groups excluding tert-OH is 1. The van der Waals surface area contributed by atoms with E-state index in [1.165, 1.54) is 0 Å². The number of hydrogen-bond acceptors (Lipinski definition) is 1. The molecule has 1 heterocycles. The molecule has 2 rings (SSSR count). The molecule has 1 aromatic carbocycles. The van der Waals surface area contributed by atoms with Crippen LogP contribution in [-0.2, 0) is 13.7 Å². The normalized spacial score (nSPS) is 11.0. The van der Waals surface area contributed by atoms with E-state index in [2.05, 4.69) is 0 Å². The maximum absolute atomic E-state index is 8.95. The van der Waals surface area contributed by atoms with Crippen molar-refractivity contribution in [2.24, 2.45) is 7.05 Å². The van der Waals surface area contributed by atoms with Gasteiger partial charge in [0, 0.05) is 24.1 Å². The fraction of sp³-hybridized carbons (Fsp3) is 0.200. The molecule has 0 atom stereocenters. The highest BCUT2D eigenvalue weighted by Crippen LogP contribution is 2.25. The second-order valence-electron chi connectivity index (χ2n) is 3.10. The van der Waals surface area contributed by atoms with Gasteiger partial charge in [-0.2, -0.15) is 0 Å². The predicted molar refractivity (Wildman–Crippen MR) is 53.9 cm³/mol. The van der Waals surface area contributed by atoms with Crippen LogP contribution in [0.5, 0.6) is 0 Å². The van der Waals surface area contributed by atoms with Gasteiger partial charge in [0.05, 0.1) is 11.6 Å². The third kappa shape index (κ3) is 1.32. The first-order valence-corrected chi connectivity index (χ1v) is 4.44. The van der Waals surface area contributed by atoms with Gasteiger partial charge in [0.2, 0.25) is 0 Å². The van der Waals surface area contributed by atoms with E-state index in [0.717, 1.165) is 21.5 Å². The predicted octanol–water partition coefficient (Wildman–Crippen LogP) is 2.32. The van der Waals surface area contributed by atoms with Gasteiger partial charge in [-0.1, -0.05) is 23.7 Å². The summed E-state index contributed by atoms with van der Waals surface area (Å²) >= 11 is 5.99. The van der Waals surface area contributed by atoms with Gasteiger partial charge in [0.15, 0.2) is 0 Å². The van der Waals surface area contributed by atoms with Crippen molar-refractivity contribution in [2.45, 2.75) is 6.61 Å². The van der Waals surface area contributed by atoms with Crippen LogP contribution < -0.4 is 0 Å². The van der Waals surface area contributed by atoms with Crippen LogP contribution in [0.25, 0.3) is 10.9 Å². The molecule has 0 radical (unpaired) electrons. The van der Waals surface area contributed by atoms with Crippen molar-refractivity contribution < 1.29 is 5.11 Å². The summed E-state index contributed by atoms with van der Waals surface area (Å²) in [6, 6.07) is 5.76. The third-order valence-electron chi connectivity index (χ3n) is 2.19. The number of benzene rings is 1. The maximum Gasteiger partial charge on any atom is 0.0682 e. The summed E-state index contributed by atoms with van der Waals surface area (Å²) in [6.07, 6.45) is 1.87. The van der Waals surface area contributed by atoms with Crippen molar-refractivity contribution >= 4 is 22.5 Å². The van der Waals surface area contributed by atoms with Crippen LogP contribution in [0.4, 0.5) is 0 Å². The molecule has 0 aliphatic carbocycles. The number of nitrogens with zero attached hydrogens (tertiary/aromatic N) is 1. The summed E-state index contributed by atoms with van der Waals surface area (Å²) in [5, 5.41) is 10.7. The summed E-state index contributed by atoms with van der Waals surface area (Å²) in [7, 11) is 1.94. The first kappa shape index (κ1) is 8.60. The number of aryl methyl sites for hydroxylation is 1. The third-order valence-corrected chi connectivity index (χ3v) is 2.49. The Bertz CT molecular complexity index is 447. The summed E-state index contributed by atoms with van der Waals surface area (Å²) in [5.74, 6) is 0. The average molecular weight is 196 g/mol. The lowest BCUT2D eigenvalue weighted by Gasteiger charge is -1.98. The van der Waals surface area contributed by atoms with Crippen LogP contribution in [0.15, 0.2) is 24.4 Å². The van der Waals surface area contributed by atoms with Crippen LogP contribution in [0.3, 0.4) is 0 Å². The van der Waals surface area contributed by atoms with Gasteiger partial charge in [0.25, 0.3) is 0 Å². The molecule has 0 saturated carbocycles. The molecule has 1 N–H and O–H groups in total. The van der Waals surface area contributed by atoms with Gasteiger partial charge in [-0.15, -0.1) is 0 Å². The van der Waals surface area contributed by atoms with Crippen molar-refractivity contribution in [2.75, 3.05) is 0 Å². The lowest BCUT2D eigenvalue weighted by molar-refractivity contribution is 0.282. The number of fused-ring (bicyclic) bond motifs is 1. The Hall–Kier alpha value is -0.990. The molecule has 0 bridgehead atoms. The van der Waals surface area contributed by atoms with E-state index < -0.39 is 0 Å². The highest BCUT2D eigenvalue weighted by molar-refractivity contribution is 6.35. The molecule has 13 heavy (non-hydrogen) atoms. The summed E-state index contributed by atoms with van der Waals surface area (Å²) in [5.41, 5.74) is 1.96. The molecule has 0 amide bonds. The van der Waals surface area contributed by atoms with Gasteiger partial charge in [0.1, 0.15) is 0 Å². The number of aliphatic hydroxyl groups is 1. The Labute approximate surface area is 81.4 Å². The Morgan fingerprint density at radius 3 is 2.92 bits per heavy atom. The monoisotopic (exact) mass is 195 g/mol. The molecule has 2 nitrogen and oxygen atoms in total. The lowest BCUT2D eigenvalue weighted by Crippen LogP contribution is -1.86. The van der Waals surface area contributed by atoms with E-state index in [4.69, 9.17) is 16.7 Å². The fourth-order valence-corrected chi connectivity index (χ4v) is 1.78. The Kier molecular flexibility index (Phi) is 2.02. The molecule has 0 aliphatic rings. The summed E-state index contributed by atoms with van der Waals surface area (Å²) in [4.78, 5) is 0. The lowest BCUT2D eigenvalue weighted by atomic mass is 10.2. The zero-order valence-electron chi connectivity index (χ0n) is 7.29. The second kappa shape index (κ2) is 3.05. The first-order valence-electron chi connectivity index (χ1n) is 4.06. The minimum atomic E-state index is 0.0682. The number of halogens is 1. The van der Waals surface area contributed by atoms with Crippen molar-refractivity contribution in [3.8, 4) is 0 Å². The molecule has 0 unspecified atom stereocenters. The number of rotatable bonds is 1. The highest BCUT2D eigenvalue weighted by Gasteiger charge is 2.04. The minimum absolute atomic E-state index is 0.0682. The van der Waals surface area contributed by atoms with Crippen LogP contribution in [0.2, 0.25) is 5.02 Å².